The van der Waals surface area contributed by atoms with Crippen molar-refractivity contribution in [1.29, 1.82) is 0 Å². The van der Waals surface area contributed by atoms with Crippen molar-refractivity contribution in [3.8, 4) is 18.1 Å². The van der Waals surface area contributed by atoms with E-state index in [-0.39, 0.29) is 18.1 Å². The molecule has 0 heterocycles. The summed E-state index contributed by atoms with van der Waals surface area (Å²) in [5, 5.41) is 2.49. The number of benzene rings is 1. The summed E-state index contributed by atoms with van der Waals surface area (Å²) in [6.07, 6.45) is 7.45. The number of ether oxygens (including phenoxy) is 2. The zero-order valence-corrected chi connectivity index (χ0v) is 16.3. The Morgan fingerprint density at radius 1 is 1.42 bits per heavy atom. The third-order valence-corrected chi connectivity index (χ3v) is 3.89. The van der Waals surface area contributed by atoms with Crippen LogP contribution >= 0.6 is 11.8 Å². The number of amides is 1. The van der Waals surface area contributed by atoms with Gasteiger partial charge in [-0.25, -0.2) is 9.18 Å². The normalized spacial score (nSPS) is 11.6. The number of terminal acetylenes is 1. The van der Waals surface area contributed by atoms with Gasteiger partial charge in [-0.1, -0.05) is 6.07 Å². The maximum Gasteiger partial charge on any atom is 0.407 e. The molecule has 0 bridgehead atoms. The van der Waals surface area contributed by atoms with Crippen LogP contribution in [0.25, 0.3) is 0 Å². The smallest absolute Gasteiger partial charge is 0.407 e. The first-order valence-corrected chi connectivity index (χ1v) is 9.39. The molecule has 0 aliphatic rings. The molecule has 142 valence electrons. The predicted octanol–water partition coefficient (Wildman–Crippen LogP) is 4.95. The number of carbonyl (C=O) groups is 1. The van der Waals surface area contributed by atoms with Gasteiger partial charge in [-0.15, -0.1) is 24.1 Å². The Hall–Kier alpha value is -2.13. The minimum atomic E-state index is -0.573. The fourth-order valence-electron chi connectivity index (χ4n) is 1.79. The SMILES string of the molecule is C#CCCCOc1cccc(SC/C(F)=C/CNC(=O)OC(C)(C)C)c1. The minimum Gasteiger partial charge on any atom is -0.494 e. The van der Waals surface area contributed by atoms with Crippen molar-refractivity contribution in [3.05, 3.63) is 36.2 Å². The Bertz CT molecular complexity index is 647. The highest BCUT2D eigenvalue weighted by molar-refractivity contribution is 7.99. The minimum absolute atomic E-state index is 0.0830. The van der Waals surface area contributed by atoms with Gasteiger partial charge in [-0.3, -0.25) is 0 Å². The van der Waals surface area contributed by atoms with Gasteiger partial charge in [0.05, 0.1) is 6.61 Å². The summed E-state index contributed by atoms with van der Waals surface area (Å²) in [5.74, 6) is 3.17. The molecule has 0 atom stereocenters. The highest BCUT2D eigenvalue weighted by atomic mass is 32.2. The lowest BCUT2D eigenvalue weighted by atomic mass is 10.2. The van der Waals surface area contributed by atoms with E-state index >= 15 is 0 Å². The average Bonchev–Trinajstić information content (AvgIpc) is 2.56. The van der Waals surface area contributed by atoms with Crippen LogP contribution in [0.2, 0.25) is 0 Å². The first kappa shape index (κ1) is 21.9. The van der Waals surface area contributed by atoms with Crippen LogP contribution in [-0.2, 0) is 4.74 Å². The molecule has 0 spiro atoms. The molecule has 0 aromatic heterocycles. The zero-order valence-electron chi connectivity index (χ0n) is 15.5. The quantitative estimate of drug-likeness (QED) is 0.375. The van der Waals surface area contributed by atoms with Crippen molar-refractivity contribution in [3.63, 3.8) is 0 Å². The molecule has 0 aliphatic carbocycles. The number of rotatable bonds is 9. The Morgan fingerprint density at radius 2 is 2.19 bits per heavy atom. The number of nitrogens with one attached hydrogen (secondary N) is 1. The Balaban J connectivity index is 2.36. The number of halogens is 1. The topological polar surface area (TPSA) is 47.6 Å². The summed E-state index contributed by atoms with van der Waals surface area (Å²) >= 11 is 1.36. The molecule has 26 heavy (non-hydrogen) atoms. The molecule has 6 heteroatoms. The fourth-order valence-corrected chi connectivity index (χ4v) is 2.59. The van der Waals surface area contributed by atoms with E-state index in [0.29, 0.717) is 13.0 Å². The van der Waals surface area contributed by atoms with E-state index in [4.69, 9.17) is 15.9 Å². The Labute approximate surface area is 159 Å². The molecule has 1 N–H and O–H groups in total. The molecule has 4 nitrogen and oxygen atoms in total. The molecule has 0 fully saturated rings. The van der Waals surface area contributed by atoms with E-state index in [1.165, 1.54) is 17.8 Å². The number of carbonyl (C=O) groups excluding carboxylic acids is 1. The number of alkyl carbamates (subject to hydrolysis) is 1. The third-order valence-electron chi connectivity index (χ3n) is 2.89. The highest BCUT2D eigenvalue weighted by Gasteiger charge is 2.15. The van der Waals surface area contributed by atoms with E-state index < -0.39 is 11.7 Å². The maximum absolute atomic E-state index is 13.9. The Kier molecular flexibility index (Phi) is 9.67. The Morgan fingerprint density at radius 3 is 2.88 bits per heavy atom. The number of hydrogen-bond acceptors (Lipinski definition) is 4. The lowest BCUT2D eigenvalue weighted by Gasteiger charge is -2.19. The van der Waals surface area contributed by atoms with E-state index in [2.05, 4.69) is 11.2 Å². The molecule has 0 aliphatic heterocycles. The van der Waals surface area contributed by atoms with Crippen LogP contribution in [0, 0.1) is 12.3 Å². The van der Waals surface area contributed by atoms with Gasteiger partial charge < -0.3 is 14.8 Å². The van der Waals surface area contributed by atoms with Crippen LogP contribution in [0.1, 0.15) is 33.6 Å². The van der Waals surface area contributed by atoms with Gasteiger partial charge in [-0.05, 0) is 51.5 Å². The second kappa shape index (κ2) is 11.5. The summed E-state index contributed by atoms with van der Waals surface area (Å²) < 4.78 is 24.5. The van der Waals surface area contributed by atoms with Crippen LogP contribution in [0.15, 0.2) is 41.1 Å². The van der Waals surface area contributed by atoms with Gasteiger partial charge >= 0.3 is 6.09 Å². The van der Waals surface area contributed by atoms with Crippen LogP contribution in [0.5, 0.6) is 5.75 Å². The van der Waals surface area contributed by atoms with E-state index in [1.807, 2.05) is 24.3 Å². The molecule has 1 aromatic carbocycles. The molecule has 1 amide bonds. The molecule has 1 aromatic rings. The van der Waals surface area contributed by atoms with Crippen molar-refractivity contribution in [2.24, 2.45) is 0 Å². The van der Waals surface area contributed by atoms with Gasteiger partial charge in [0.1, 0.15) is 17.2 Å². The summed E-state index contributed by atoms with van der Waals surface area (Å²) in [6.45, 7) is 5.95. The van der Waals surface area contributed by atoms with Crippen molar-refractivity contribution >= 4 is 17.9 Å². The van der Waals surface area contributed by atoms with Gasteiger partial charge in [0.15, 0.2) is 0 Å². The van der Waals surface area contributed by atoms with Crippen LogP contribution < -0.4 is 10.1 Å². The van der Waals surface area contributed by atoms with Crippen molar-refractivity contribution in [2.45, 2.75) is 44.1 Å². The lowest BCUT2D eigenvalue weighted by molar-refractivity contribution is 0.0534. The van der Waals surface area contributed by atoms with Crippen LogP contribution in [-0.4, -0.2) is 30.6 Å². The summed E-state index contributed by atoms with van der Waals surface area (Å²) in [7, 11) is 0. The zero-order chi connectivity index (χ0) is 19.4. The maximum atomic E-state index is 13.9. The van der Waals surface area contributed by atoms with E-state index in [0.717, 1.165) is 17.1 Å². The summed E-state index contributed by atoms with van der Waals surface area (Å²) in [5.41, 5.74) is -0.573. The van der Waals surface area contributed by atoms with Crippen molar-refractivity contribution in [2.75, 3.05) is 18.9 Å². The standard InChI is InChI=1S/C20H26FNO3S/c1-5-6-7-13-24-17-9-8-10-18(14-17)26-15-16(21)11-12-22-19(23)25-20(2,3)4/h1,8-11,14H,6-7,12-13,15H2,2-4H3,(H,22,23)/b16-11-. The molecule has 0 saturated heterocycles. The first-order chi connectivity index (χ1) is 12.3. The van der Waals surface area contributed by atoms with Gasteiger partial charge in [0.25, 0.3) is 0 Å². The number of unbranched alkanes of at least 4 members (excludes halogenated alkanes) is 1. The molecule has 0 radical (unpaired) electrons. The molecular formula is C20H26FNO3S. The third kappa shape index (κ3) is 10.7. The molecule has 0 unspecified atom stereocenters. The van der Waals surface area contributed by atoms with Crippen LogP contribution in [0.4, 0.5) is 9.18 Å². The fraction of sp³-hybridized carbons (Fsp3) is 0.450. The van der Waals surface area contributed by atoms with E-state index in [9.17, 15) is 9.18 Å². The largest absolute Gasteiger partial charge is 0.494 e. The first-order valence-electron chi connectivity index (χ1n) is 8.40. The highest BCUT2D eigenvalue weighted by Crippen LogP contribution is 2.25. The van der Waals surface area contributed by atoms with Crippen molar-refractivity contribution in [1.82, 2.24) is 5.32 Å². The molecule has 0 saturated carbocycles. The lowest BCUT2D eigenvalue weighted by Crippen LogP contribution is -2.32. The molecular weight excluding hydrogens is 353 g/mol. The van der Waals surface area contributed by atoms with Crippen LogP contribution in [0.3, 0.4) is 0 Å². The van der Waals surface area contributed by atoms with Gasteiger partial charge in [0, 0.05) is 23.6 Å². The number of thioether (sulfide) groups is 1. The predicted molar refractivity (Wildman–Crippen MR) is 104 cm³/mol. The monoisotopic (exact) mass is 379 g/mol. The second-order valence-electron chi connectivity index (χ2n) is 6.45. The van der Waals surface area contributed by atoms with Crippen molar-refractivity contribution < 1.29 is 18.7 Å². The van der Waals surface area contributed by atoms with E-state index in [1.54, 1.807) is 20.8 Å². The molecule has 1 rings (SSSR count). The average molecular weight is 379 g/mol. The number of hydrogen-bond donors (Lipinski definition) is 1. The second-order valence-corrected chi connectivity index (χ2v) is 7.50. The van der Waals surface area contributed by atoms with Gasteiger partial charge in [-0.2, -0.15) is 0 Å². The summed E-state index contributed by atoms with van der Waals surface area (Å²) in [6, 6.07) is 7.49. The summed E-state index contributed by atoms with van der Waals surface area (Å²) in [4.78, 5) is 12.4. The van der Waals surface area contributed by atoms with Gasteiger partial charge in [0.2, 0.25) is 0 Å².